The minimum atomic E-state index is -1.19. The second-order valence-electron chi connectivity index (χ2n) is 4.38. The van der Waals surface area contributed by atoms with Crippen LogP contribution in [0.5, 0.6) is 5.75 Å². The van der Waals surface area contributed by atoms with E-state index >= 15 is 0 Å². The minimum absolute atomic E-state index is 0.00983. The lowest BCUT2D eigenvalue weighted by atomic mass is 10.0. The van der Waals surface area contributed by atoms with E-state index in [1.54, 1.807) is 0 Å². The first-order valence-corrected chi connectivity index (χ1v) is 6.44. The number of nitrogens with zero attached hydrogens (tertiary/aromatic N) is 1. The maximum absolute atomic E-state index is 11.4. The fourth-order valence-corrected chi connectivity index (χ4v) is 2.02. The zero-order valence-electron chi connectivity index (χ0n) is 11.1. The van der Waals surface area contributed by atoms with Crippen molar-refractivity contribution in [2.24, 2.45) is 0 Å². The quantitative estimate of drug-likeness (QED) is 0.388. The number of halogens is 1. The van der Waals surface area contributed by atoms with Gasteiger partial charge in [0.2, 0.25) is 0 Å². The molecule has 0 heterocycles. The molecule has 0 aromatic heterocycles. The second kappa shape index (κ2) is 6.28. The molecule has 0 aliphatic carbocycles. The van der Waals surface area contributed by atoms with Gasteiger partial charge >= 0.3 is 5.97 Å². The van der Waals surface area contributed by atoms with Crippen LogP contribution in [-0.4, -0.2) is 21.1 Å². The molecule has 0 unspecified atom stereocenters. The van der Waals surface area contributed by atoms with Crippen molar-refractivity contribution in [2.45, 2.75) is 0 Å². The highest BCUT2D eigenvalue weighted by Crippen LogP contribution is 2.28. The van der Waals surface area contributed by atoms with Crippen molar-refractivity contribution < 1.29 is 19.9 Å². The number of carboxylic acids is 1. The summed E-state index contributed by atoms with van der Waals surface area (Å²) >= 11 is 5.72. The van der Waals surface area contributed by atoms with Crippen LogP contribution in [0.15, 0.2) is 42.5 Å². The number of aliphatic carboxylic acids is 1. The summed E-state index contributed by atoms with van der Waals surface area (Å²) in [5.41, 5.74) is 0.340. The van der Waals surface area contributed by atoms with E-state index in [-0.39, 0.29) is 22.0 Å². The van der Waals surface area contributed by atoms with Crippen LogP contribution < -0.4 is 0 Å². The van der Waals surface area contributed by atoms with E-state index in [1.807, 2.05) is 0 Å². The van der Waals surface area contributed by atoms with Crippen LogP contribution in [0.2, 0.25) is 5.02 Å². The summed E-state index contributed by atoms with van der Waals surface area (Å²) in [5.74, 6) is -1.18. The van der Waals surface area contributed by atoms with Gasteiger partial charge in [0, 0.05) is 6.07 Å². The Morgan fingerprint density at radius 1 is 1.18 bits per heavy atom. The van der Waals surface area contributed by atoms with E-state index in [0.29, 0.717) is 11.1 Å². The van der Waals surface area contributed by atoms with Gasteiger partial charge in [0.25, 0.3) is 5.69 Å². The molecule has 2 rings (SSSR count). The Morgan fingerprint density at radius 3 is 2.36 bits per heavy atom. The highest BCUT2D eigenvalue weighted by Gasteiger charge is 2.15. The van der Waals surface area contributed by atoms with Crippen LogP contribution in [0.4, 0.5) is 5.69 Å². The maximum Gasteiger partial charge on any atom is 0.336 e. The number of benzene rings is 2. The lowest BCUT2D eigenvalue weighted by molar-refractivity contribution is -0.384. The van der Waals surface area contributed by atoms with Gasteiger partial charge in [0.05, 0.1) is 10.5 Å². The van der Waals surface area contributed by atoms with Crippen molar-refractivity contribution in [2.75, 3.05) is 0 Å². The molecule has 2 N–H and O–H groups in total. The second-order valence-corrected chi connectivity index (χ2v) is 4.79. The van der Waals surface area contributed by atoms with Crippen LogP contribution in [0.3, 0.4) is 0 Å². The minimum Gasteiger partial charge on any atom is -0.508 e. The highest BCUT2D eigenvalue weighted by molar-refractivity contribution is 6.32. The van der Waals surface area contributed by atoms with E-state index in [9.17, 15) is 25.1 Å². The van der Waals surface area contributed by atoms with Crippen LogP contribution in [-0.2, 0) is 4.79 Å². The topological polar surface area (TPSA) is 101 Å². The van der Waals surface area contributed by atoms with E-state index in [4.69, 9.17) is 11.6 Å². The third kappa shape index (κ3) is 3.42. The standard InChI is InChI=1S/C15H10ClNO5/c16-13-6-1-9(8-14(13)17(21)22)7-12(15(19)20)10-2-4-11(18)5-3-10/h1-8,18H,(H,19,20)/b12-7-. The van der Waals surface area contributed by atoms with Gasteiger partial charge in [-0.2, -0.15) is 0 Å². The number of phenols is 1. The third-order valence-corrected chi connectivity index (χ3v) is 3.21. The lowest BCUT2D eigenvalue weighted by Crippen LogP contribution is -1.99. The van der Waals surface area contributed by atoms with Gasteiger partial charge in [-0.3, -0.25) is 10.1 Å². The molecule has 0 spiro atoms. The zero-order chi connectivity index (χ0) is 16.3. The average Bonchev–Trinajstić information content (AvgIpc) is 2.47. The molecule has 6 nitrogen and oxygen atoms in total. The first-order chi connectivity index (χ1) is 10.4. The van der Waals surface area contributed by atoms with Gasteiger partial charge in [0.1, 0.15) is 10.8 Å². The summed E-state index contributed by atoms with van der Waals surface area (Å²) < 4.78 is 0. The smallest absolute Gasteiger partial charge is 0.336 e. The Labute approximate surface area is 130 Å². The Morgan fingerprint density at radius 2 is 1.82 bits per heavy atom. The molecule has 0 saturated carbocycles. The number of nitro benzene ring substituents is 1. The van der Waals surface area contributed by atoms with E-state index in [1.165, 1.54) is 48.5 Å². The average molecular weight is 320 g/mol. The van der Waals surface area contributed by atoms with Crippen LogP contribution in [0, 0.1) is 10.1 Å². The van der Waals surface area contributed by atoms with E-state index in [0.717, 1.165) is 0 Å². The number of aromatic hydroxyl groups is 1. The predicted molar refractivity (Wildman–Crippen MR) is 81.7 cm³/mol. The summed E-state index contributed by atoms with van der Waals surface area (Å²) in [7, 11) is 0. The Kier molecular flexibility index (Phi) is 4.43. The molecule has 22 heavy (non-hydrogen) atoms. The molecule has 0 atom stereocenters. The predicted octanol–water partition coefficient (Wildman–Crippen LogP) is 3.58. The first kappa shape index (κ1) is 15.5. The number of phenolic OH excluding ortho intramolecular Hbond substituents is 1. The monoisotopic (exact) mass is 319 g/mol. The van der Waals surface area contributed by atoms with Crippen LogP contribution in [0.25, 0.3) is 11.6 Å². The molecule has 7 heteroatoms. The van der Waals surface area contributed by atoms with Gasteiger partial charge in [0.15, 0.2) is 0 Å². The lowest BCUT2D eigenvalue weighted by Gasteiger charge is -2.04. The van der Waals surface area contributed by atoms with Crippen LogP contribution in [0.1, 0.15) is 11.1 Å². The molecular formula is C15H10ClNO5. The van der Waals surface area contributed by atoms with Crippen molar-refractivity contribution in [3.05, 3.63) is 68.7 Å². The molecule has 0 amide bonds. The summed E-state index contributed by atoms with van der Waals surface area (Å²) in [4.78, 5) is 21.6. The molecule has 2 aromatic carbocycles. The van der Waals surface area contributed by atoms with Crippen molar-refractivity contribution in [3.8, 4) is 5.75 Å². The highest BCUT2D eigenvalue weighted by atomic mass is 35.5. The first-order valence-electron chi connectivity index (χ1n) is 6.07. The molecule has 2 aromatic rings. The number of carboxylic acid groups (broad SMARTS) is 1. The number of nitro groups is 1. The normalized spacial score (nSPS) is 11.2. The number of hydrogen-bond donors (Lipinski definition) is 2. The molecule has 0 bridgehead atoms. The van der Waals surface area contributed by atoms with Gasteiger partial charge < -0.3 is 10.2 Å². The maximum atomic E-state index is 11.4. The Balaban J connectivity index is 2.51. The summed E-state index contributed by atoms with van der Waals surface area (Å²) in [6, 6.07) is 9.62. The van der Waals surface area contributed by atoms with Gasteiger partial charge in [-0.25, -0.2) is 4.79 Å². The van der Waals surface area contributed by atoms with Crippen molar-refractivity contribution in [1.29, 1.82) is 0 Å². The molecule has 112 valence electrons. The summed E-state index contributed by atoms with van der Waals surface area (Å²) in [6.07, 6.45) is 1.30. The number of carbonyl (C=O) groups is 1. The summed E-state index contributed by atoms with van der Waals surface area (Å²) in [5, 5.41) is 29.4. The van der Waals surface area contributed by atoms with Gasteiger partial charge in [-0.1, -0.05) is 29.8 Å². The fourth-order valence-electron chi connectivity index (χ4n) is 1.84. The molecule has 0 radical (unpaired) electrons. The van der Waals surface area contributed by atoms with Gasteiger partial charge in [-0.05, 0) is 35.4 Å². The fraction of sp³-hybridized carbons (Fsp3) is 0. The number of hydrogen-bond acceptors (Lipinski definition) is 4. The SMILES string of the molecule is O=C(O)/C(=C\c1ccc(Cl)c([N+](=O)[O-])c1)c1ccc(O)cc1. The van der Waals surface area contributed by atoms with Crippen LogP contribution >= 0.6 is 11.6 Å². The molecular weight excluding hydrogens is 310 g/mol. The molecule has 0 fully saturated rings. The molecule has 0 aliphatic heterocycles. The Hall–Kier alpha value is -2.86. The van der Waals surface area contributed by atoms with E-state index < -0.39 is 10.9 Å². The number of rotatable bonds is 4. The van der Waals surface area contributed by atoms with Crippen molar-refractivity contribution in [1.82, 2.24) is 0 Å². The largest absolute Gasteiger partial charge is 0.508 e. The molecule has 0 aliphatic rings. The summed E-state index contributed by atoms with van der Waals surface area (Å²) in [6.45, 7) is 0. The molecule has 0 saturated heterocycles. The van der Waals surface area contributed by atoms with Crippen molar-refractivity contribution >= 4 is 34.9 Å². The van der Waals surface area contributed by atoms with Crippen molar-refractivity contribution in [3.63, 3.8) is 0 Å². The third-order valence-electron chi connectivity index (χ3n) is 2.89. The Bertz CT molecular complexity index is 768. The van der Waals surface area contributed by atoms with E-state index in [2.05, 4.69) is 0 Å². The zero-order valence-corrected chi connectivity index (χ0v) is 11.8. The van der Waals surface area contributed by atoms with Gasteiger partial charge in [-0.15, -0.1) is 0 Å².